The molecule has 1 aliphatic heterocycles. The van der Waals surface area contributed by atoms with Gasteiger partial charge in [-0.25, -0.2) is 4.39 Å². The Kier molecular flexibility index (Phi) is 4.37. The molecule has 1 N–H and O–H groups in total. The number of hydrogen-bond acceptors (Lipinski definition) is 3. The molecule has 2 aromatic carbocycles. The lowest BCUT2D eigenvalue weighted by Gasteiger charge is -2.58. The second-order valence-electron chi connectivity index (χ2n) is 8.11. The van der Waals surface area contributed by atoms with Gasteiger partial charge in [0.2, 0.25) is 5.91 Å². The number of rotatable bonds is 3. The summed E-state index contributed by atoms with van der Waals surface area (Å²) >= 11 is 0. The van der Waals surface area contributed by atoms with Gasteiger partial charge in [0, 0.05) is 37.2 Å². The second kappa shape index (κ2) is 6.62. The first-order valence-corrected chi connectivity index (χ1v) is 9.41. The Hall–Kier alpha value is -2.89. The molecule has 2 fully saturated rings. The minimum atomic E-state index is -0.634. The van der Waals surface area contributed by atoms with E-state index in [0.717, 1.165) is 36.2 Å². The highest BCUT2D eigenvalue weighted by atomic mass is 19.1. The summed E-state index contributed by atoms with van der Waals surface area (Å²) in [7, 11) is 1.80. The SMILES string of the molecule is Cc1ccccc1N(C)C(=O)C1CC2(C1)CN(C(=O)c1cc(O)ccc1F)C2. The fourth-order valence-corrected chi connectivity index (χ4v) is 4.51. The number of para-hydroxylation sites is 1. The lowest BCUT2D eigenvalue weighted by atomic mass is 9.57. The molecule has 0 radical (unpaired) electrons. The van der Waals surface area contributed by atoms with Gasteiger partial charge in [-0.05, 0) is 49.6 Å². The highest BCUT2D eigenvalue weighted by Gasteiger charge is 2.56. The van der Waals surface area contributed by atoms with Crippen LogP contribution in [0.4, 0.5) is 10.1 Å². The van der Waals surface area contributed by atoms with Gasteiger partial charge in [0.15, 0.2) is 0 Å². The number of aromatic hydroxyl groups is 1. The Morgan fingerprint density at radius 2 is 1.86 bits per heavy atom. The molecule has 1 spiro atoms. The molecule has 4 rings (SSSR count). The fourth-order valence-electron chi connectivity index (χ4n) is 4.51. The van der Waals surface area contributed by atoms with Gasteiger partial charge in [-0.1, -0.05) is 18.2 Å². The Morgan fingerprint density at radius 3 is 2.54 bits per heavy atom. The molecule has 2 aromatic rings. The summed E-state index contributed by atoms with van der Waals surface area (Å²) in [5.74, 6) is -1.12. The van der Waals surface area contributed by atoms with Crippen molar-refractivity contribution in [1.82, 2.24) is 4.90 Å². The Bertz CT molecular complexity index is 945. The number of halogens is 1. The molecule has 0 aromatic heterocycles. The number of carbonyl (C=O) groups is 2. The van der Waals surface area contributed by atoms with E-state index in [0.29, 0.717) is 13.1 Å². The first-order valence-electron chi connectivity index (χ1n) is 9.41. The zero-order valence-electron chi connectivity index (χ0n) is 16.0. The predicted octanol–water partition coefficient (Wildman–Crippen LogP) is 3.35. The van der Waals surface area contributed by atoms with Crippen LogP contribution in [-0.4, -0.2) is 42.0 Å². The number of benzene rings is 2. The van der Waals surface area contributed by atoms with Gasteiger partial charge < -0.3 is 14.9 Å². The minimum Gasteiger partial charge on any atom is -0.508 e. The molecule has 1 saturated carbocycles. The number of phenols is 1. The van der Waals surface area contributed by atoms with Gasteiger partial charge in [0.1, 0.15) is 11.6 Å². The molecule has 1 saturated heterocycles. The maximum Gasteiger partial charge on any atom is 0.257 e. The average Bonchev–Trinajstić information content (AvgIpc) is 2.60. The molecule has 0 atom stereocenters. The summed E-state index contributed by atoms with van der Waals surface area (Å²) in [5, 5.41) is 9.50. The van der Waals surface area contributed by atoms with E-state index in [4.69, 9.17) is 0 Å². The molecule has 28 heavy (non-hydrogen) atoms. The van der Waals surface area contributed by atoms with Gasteiger partial charge in [0.05, 0.1) is 5.56 Å². The van der Waals surface area contributed by atoms with Gasteiger partial charge in [-0.2, -0.15) is 0 Å². The number of carbonyl (C=O) groups excluding carboxylic acids is 2. The third kappa shape index (κ3) is 3.03. The molecule has 146 valence electrons. The van der Waals surface area contributed by atoms with E-state index in [1.54, 1.807) is 16.8 Å². The Balaban J connectivity index is 1.35. The van der Waals surface area contributed by atoms with E-state index in [-0.39, 0.29) is 28.6 Å². The van der Waals surface area contributed by atoms with Crippen LogP contribution in [-0.2, 0) is 4.79 Å². The van der Waals surface area contributed by atoms with E-state index in [2.05, 4.69) is 0 Å². The number of aryl methyl sites for hydroxylation is 1. The summed E-state index contributed by atoms with van der Waals surface area (Å²) in [6.45, 7) is 3.04. The third-order valence-corrected chi connectivity index (χ3v) is 6.04. The summed E-state index contributed by atoms with van der Waals surface area (Å²) in [6.07, 6.45) is 1.49. The number of hydrogen-bond donors (Lipinski definition) is 1. The maximum absolute atomic E-state index is 13.9. The second-order valence-corrected chi connectivity index (χ2v) is 8.11. The van der Waals surface area contributed by atoms with Crippen LogP contribution in [0.2, 0.25) is 0 Å². The standard InChI is InChI=1S/C22H23FN2O3/c1-14-5-3-4-6-19(14)24(2)20(27)15-10-22(11-15)12-25(13-22)21(28)17-9-16(26)7-8-18(17)23/h3-9,15,26H,10-13H2,1-2H3. The first kappa shape index (κ1) is 18.5. The van der Waals surface area contributed by atoms with Crippen LogP contribution in [0.25, 0.3) is 0 Å². The smallest absolute Gasteiger partial charge is 0.257 e. The molecule has 0 unspecified atom stereocenters. The van der Waals surface area contributed by atoms with E-state index in [1.165, 1.54) is 6.07 Å². The van der Waals surface area contributed by atoms with Crippen molar-refractivity contribution in [2.75, 3.05) is 25.0 Å². The molecule has 1 aliphatic carbocycles. The van der Waals surface area contributed by atoms with E-state index in [1.807, 2.05) is 31.2 Å². The maximum atomic E-state index is 13.9. The lowest BCUT2D eigenvalue weighted by Crippen LogP contribution is -2.65. The van der Waals surface area contributed by atoms with Gasteiger partial charge >= 0.3 is 0 Å². The normalized spacial score (nSPS) is 17.8. The van der Waals surface area contributed by atoms with Crippen LogP contribution in [0.3, 0.4) is 0 Å². The molecule has 1 heterocycles. The van der Waals surface area contributed by atoms with Crippen molar-refractivity contribution in [2.45, 2.75) is 19.8 Å². The van der Waals surface area contributed by atoms with Gasteiger partial charge in [-0.15, -0.1) is 0 Å². The molecular weight excluding hydrogens is 359 g/mol. The lowest BCUT2D eigenvalue weighted by molar-refractivity contribution is -0.137. The van der Waals surface area contributed by atoms with Crippen molar-refractivity contribution >= 4 is 17.5 Å². The number of nitrogens with zero attached hydrogens (tertiary/aromatic N) is 2. The topological polar surface area (TPSA) is 60.9 Å². The molecule has 5 nitrogen and oxygen atoms in total. The van der Waals surface area contributed by atoms with Crippen LogP contribution in [0.15, 0.2) is 42.5 Å². The molecule has 2 amide bonds. The van der Waals surface area contributed by atoms with E-state index >= 15 is 0 Å². The quantitative estimate of drug-likeness (QED) is 0.886. The van der Waals surface area contributed by atoms with Gasteiger partial charge in [-0.3, -0.25) is 9.59 Å². The van der Waals surface area contributed by atoms with Crippen molar-refractivity contribution in [2.24, 2.45) is 11.3 Å². The van der Waals surface area contributed by atoms with Crippen LogP contribution < -0.4 is 4.90 Å². The monoisotopic (exact) mass is 382 g/mol. The fraction of sp³-hybridized carbons (Fsp3) is 0.364. The van der Waals surface area contributed by atoms with Crippen LogP contribution in [0.5, 0.6) is 5.75 Å². The Morgan fingerprint density at radius 1 is 1.18 bits per heavy atom. The number of phenolic OH excluding ortho intramolecular Hbond substituents is 1. The zero-order chi connectivity index (χ0) is 20.1. The summed E-state index contributed by atoms with van der Waals surface area (Å²) in [5.41, 5.74) is 1.83. The van der Waals surface area contributed by atoms with Gasteiger partial charge in [0.25, 0.3) is 5.91 Å². The largest absolute Gasteiger partial charge is 0.508 e. The minimum absolute atomic E-state index is 0.0319. The summed E-state index contributed by atoms with van der Waals surface area (Å²) in [6, 6.07) is 11.3. The van der Waals surface area contributed by atoms with Crippen molar-refractivity contribution in [3.63, 3.8) is 0 Å². The number of anilines is 1. The van der Waals surface area contributed by atoms with Crippen molar-refractivity contribution in [1.29, 1.82) is 0 Å². The third-order valence-electron chi connectivity index (χ3n) is 6.04. The number of amides is 2. The van der Waals surface area contributed by atoms with Crippen molar-refractivity contribution in [3.05, 3.63) is 59.4 Å². The highest BCUT2D eigenvalue weighted by Crippen LogP contribution is 2.53. The van der Waals surface area contributed by atoms with E-state index < -0.39 is 11.7 Å². The van der Waals surface area contributed by atoms with Crippen LogP contribution >= 0.6 is 0 Å². The van der Waals surface area contributed by atoms with E-state index in [9.17, 15) is 19.1 Å². The Labute approximate surface area is 163 Å². The summed E-state index contributed by atoms with van der Waals surface area (Å²) < 4.78 is 13.9. The molecule has 0 bridgehead atoms. The zero-order valence-corrected chi connectivity index (χ0v) is 16.0. The summed E-state index contributed by atoms with van der Waals surface area (Å²) in [4.78, 5) is 28.6. The van der Waals surface area contributed by atoms with Crippen molar-refractivity contribution < 1.29 is 19.1 Å². The van der Waals surface area contributed by atoms with Crippen LogP contribution in [0.1, 0.15) is 28.8 Å². The highest BCUT2D eigenvalue weighted by molar-refractivity contribution is 5.97. The number of likely N-dealkylation sites (tertiary alicyclic amines) is 1. The molecule has 6 heteroatoms. The average molecular weight is 382 g/mol. The molecular formula is C22H23FN2O3. The predicted molar refractivity (Wildman–Crippen MR) is 104 cm³/mol. The molecule has 2 aliphatic rings. The first-order chi connectivity index (χ1) is 13.3. The van der Waals surface area contributed by atoms with Crippen molar-refractivity contribution in [3.8, 4) is 5.75 Å². The van der Waals surface area contributed by atoms with Crippen LogP contribution in [0, 0.1) is 24.1 Å².